The van der Waals surface area contributed by atoms with Gasteiger partial charge in [-0.3, -0.25) is 4.79 Å². The van der Waals surface area contributed by atoms with E-state index >= 15 is 0 Å². The van der Waals surface area contributed by atoms with Crippen molar-refractivity contribution in [3.05, 3.63) is 71.9 Å². The van der Waals surface area contributed by atoms with Gasteiger partial charge < -0.3 is 13.6 Å². The standard InChI is InChI=1S/C18H14N2O5/c1-23-18(22)13-6-4-12(5-7-13)15-9-8-14(25-15)11-19-20-17(21)16-3-2-10-24-16/h2-11H,1H3,(H,20,21)/b19-11-. The van der Waals surface area contributed by atoms with Crippen molar-refractivity contribution < 1.29 is 23.2 Å². The van der Waals surface area contributed by atoms with E-state index in [-0.39, 0.29) is 5.76 Å². The van der Waals surface area contributed by atoms with Crippen molar-refractivity contribution in [3.8, 4) is 11.3 Å². The van der Waals surface area contributed by atoms with Crippen LogP contribution in [0.5, 0.6) is 0 Å². The molecule has 3 rings (SSSR count). The van der Waals surface area contributed by atoms with Crippen LogP contribution in [0.1, 0.15) is 26.7 Å². The Morgan fingerprint density at radius 3 is 2.60 bits per heavy atom. The molecule has 1 aromatic carbocycles. The summed E-state index contributed by atoms with van der Waals surface area (Å²) in [5.41, 5.74) is 3.59. The van der Waals surface area contributed by atoms with E-state index in [4.69, 9.17) is 8.83 Å². The predicted octanol–water partition coefficient (Wildman–Crippen LogP) is 3.09. The van der Waals surface area contributed by atoms with Gasteiger partial charge in [-0.05, 0) is 36.4 Å². The van der Waals surface area contributed by atoms with Gasteiger partial charge in [0.15, 0.2) is 5.76 Å². The van der Waals surface area contributed by atoms with Crippen LogP contribution >= 0.6 is 0 Å². The fourth-order valence-corrected chi connectivity index (χ4v) is 2.08. The first-order valence-corrected chi connectivity index (χ1v) is 7.33. The molecule has 1 N–H and O–H groups in total. The summed E-state index contributed by atoms with van der Waals surface area (Å²) in [5, 5.41) is 3.81. The molecule has 0 saturated carbocycles. The van der Waals surface area contributed by atoms with E-state index < -0.39 is 11.9 Å². The van der Waals surface area contributed by atoms with Gasteiger partial charge in [-0.15, -0.1) is 0 Å². The Balaban J connectivity index is 1.65. The molecule has 0 unspecified atom stereocenters. The third kappa shape index (κ3) is 3.84. The lowest BCUT2D eigenvalue weighted by molar-refractivity contribution is 0.0600. The Morgan fingerprint density at radius 2 is 1.92 bits per heavy atom. The van der Waals surface area contributed by atoms with E-state index in [2.05, 4.69) is 15.3 Å². The topological polar surface area (TPSA) is 94.0 Å². The van der Waals surface area contributed by atoms with E-state index in [9.17, 15) is 9.59 Å². The molecular weight excluding hydrogens is 324 g/mol. The minimum Gasteiger partial charge on any atom is -0.465 e. The molecule has 2 heterocycles. The zero-order chi connectivity index (χ0) is 17.6. The number of nitrogens with one attached hydrogen (secondary N) is 1. The SMILES string of the molecule is COC(=O)c1ccc(-c2ccc(/C=N\NC(=O)c3ccco3)o2)cc1. The average Bonchev–Trinajstić information content (AvgIpc) is 3.33. The van der Waals surface area contributed by atoms with Crippen molar-refractivity contribution in [3.63, 3.8) is 0 Å². The smallest absolute Gasteiger partial charge is 0.337 e. The Morgan fingerprint density at radius 1 is 1.12 bits per heavy atom. The Labute approximate surface area is 142 Å². The fourth-order valence-electron chi connectivity index (χ4n) is 2.08. The molecular formula is C18H14N2O5. The minimum absolute atomic E-state index is 0.169. The number of esters is 1. The van der Waals surface area contributed by atoms with Crippen molar-refractivity contribution in [2.45, 2.75) is 0 Å². The Kier molecular flexibility index (Phi) is 4.75. The lowest BCUT2D eigenvalue weighted by Crippen LogP contribution is -2.16. The number of carbonyl (C=O) groups excluding carboxylic acids is 2. The first kappa shape index (κ1) is 16.3. The molecule has 2 aromatic heterocycles. The molecule has 0 aliphatic carbocycles. The molecule has 0 atom stereocenters. The van der Waals surface area contributed by atoms with Gasteiger partial charge >= 0.3 is 11.9 Å². The summed E-state index contributed by atoms with van der Waals surface area (Å²) in [5.74, 6) is 0.391. The second kappa shape index (κ2) is 7.31. The minimum atomic E-state index is -0.452. The van der Waals surface area contributed by atoms with Crippen LogP contribution in [-0.4, -0.2) is 25.2 Å². The summed E-state index contributed by atoms with van der Waals surface area (Å²) in [6, 6.07) is 13.4. The molecule has 0 bridgehead atoms. The summed E-state index contributed by atoms with van der Waals surface area (Å²) < 4.78 is 15.2. The summed E-state index contributed by atoms with van der Waals surface area (Å²) in [6.45, 7) is 0. The van der Waals surface area contributed by atoms with Gasteiger partial charge in [-0.25, -0.2) is 10.2 Å². The summed E-state index contributed by atoms with van der Waals surface area (Å²) in [6.07, 6.45) is 2.79. The third-order valence-corrected chi connectivity index (χ3v) is 3.32. The number of benzene rings is 1. The van der Waals surface area contributed by atoms with Crippen LogP contribution in [0.2, 0.25) is 0 Å². The molecule has 25 heavy (non-hydrogen) atoms. The first-order chi connectivity index (χ1) is 12.2. The normalized spacial score (nSPS) is 10.8. The molecule has 0 spiro atoms. The Hall–Kier alpha value is -3.61. The molecule has 0 aliphatic rings. The maximum absolute atomic E-state index is 11.6. The van der Waals surface area contributed by atoms with Gasteiger partial charge in [0.25, 0.3) is 0 Å². The number of amides is 1. The number of nitrogens with zero attached hydrogens (tertiary/aromatic N) is 1. The van der Waals surface area contributed by atoms with E-state index in [0.717, 1.165) is 5.56 Å². The van der Waals surface area contributed by atoms with Crippen LogP contribution in [-0.2, 0) is 4.74 Å². The second-order valence-electron chi connectivity index (χ2n) is 4.95. The Bertz CT molecular complexity index is 892. The maximum atomic E-state index is 11.6. The van der Waals surface area contributed by atoms with Gasteiger partial charge in [0.05, 0.1) is 25.2 Å². The van der Waals surface area contributed by atoms with Crippen molar-refractivity contribution in [2.75, 3.05) is 7.11 Å². The zero-order valence-corrected chi connectivity index (χ0v) is 13.3. The number of carbonyl (C=O) groups is 2. The molecule has 0 saturated heterocycles. The highest BCUT2D eigenvalue weighted by Crippen LogP contribution is 2.22. The van der Waals surface area contributed by atoms with E-state index in [1.165, 1.54) is 25.7 Å². The van der Waals surface area contributed by atoms with Gasteiger partial charge in [0.1, 0.15) is 11.5 Å². The maximum Gasteiger partial charge on any atom is 0.337 e. The van der Waals surface area contributed by atoms with Gasteiger partial charge in [0.2, 0.25) is 0 Å². The van der Waals surface area contributed by atoms with Crippen LogP contribution in [0, 0.1) is 0 Å². The quantitative estimate of drug-likeness (QED) is 0.438. The predicted molar refractivity (Wildman–Crippen MR) is 89.3 cm³/mol. The van der Waals surface area contributed by atoms with Crippen LogP contribution in [0.15, 0.2) is 68.7 Å². The van der Waals surface area contributed by atoms with Crippen molar-refractivity contribution >= 4 is 18.1 Å². The van der Waals surface area contributed by atoms with Crippen molar-refractivity contribution in [2.24, 2.45) is 5.10 Å². The van der Waals surface area contributed by atoms with Crippen LogP contribution in [0.3, 0.4) is 0 Å². The number of furan rings is 2. The lowest BCUT2D eigenvalue weighted by atomic mass is 10.1. The number of hydrazone groups is 1. The first-order valence-electron chi connectivity index (χ1n) is 7.33. The summed E-state index contributed by atoms with van der Waals surface area (Å²) in [7, 11) is 1.33. The number of rotatable bonds is 5. The highest BCUT2D eigenvalue weighted by Gasteiger charge is 2.08. The highest BCUT2D eigenvalue weighted by molar-refractivity contribution is 5.92. The molecule has 1 amide bonds. The number of hydrogen-bond donors (Lipinski definition) is 1. The van der Waals surface area contributed by atoms with E-state index in [1.54, 1.807) is 42.5 Å². The molecule has 0 aliphatic heterocycles. The molecule has 126 valence electrons. The van der Waals surface area contributed by atoms with Crippen LogP contribution in [0.4, 0.5) is 0 Å². The largest absolute Gasteiger partial charge is 0.465 e. The van der Waals surface area contributed by atoms with Gasteiger partial charge in [-0.2, -0.15) is 5.10 Å². The molecule has 7 heteroatoms. The summed E-state index contributed by atoms with van der Waals surface area (Å²) in [4.78, 5) is 23.1. The molecule has 0 fully saturated rings. The lowest BCUT2D eigenvalue weighted by Gasteiger charge is -2.00. The number of methoxy groups -OCH3 is 1. The summed E-state index contributed by atoms with van der Waals surface area (Å²) >= 11 is 0. The monoisotopic (exact) mass is 338 g/mol. The fraction of sp³-hybridized carbons (Fsp3) is 0.0556. The average molecular weight is 338 g/mol. The molecule has 7 nitrogen and oxygen atoms in total. The molecule has 3 aromatic rings. The third-order valence-electron chi connectivity index (χ3n) is 3.32. The van der Waals surface area contributed by atoms with E-state index in [0.29, 0.717) is 17.1 Å². The highest BCUT2D eigenvalue weighted by atomic mass is 16.5. The molecule has 0 radical (unpaired) electrons. The van der Waals surface area contributed by atoms with Crippen LogP contribution in [0.25, 0.3) is 11.3 Å². The van der Waals surface area contributed by atoms with Crippen LogP contribution < -0.4 is 5.43 Å². The van der Waals surface area contributed by atoms with E-state index in [1.807, 2.05) is 0 Å². The number of ether oxygens (including phenoxy) is 1. The van der Waals surface area contributed by atoms with Crippen molar-refractivity contribution in [1.29, 1.82) is 0 Å². The zero-order valence-electron chi connectivity index (χ0n) is 13.3. The number of hydrogen-bond acceptors (Lipinski definition) is 6. The van der Waals surface area contributed by atoms with Gasteiger partial charge in [0, 0.05) is 5.56 Å². The second-order valence-corrected chi connectivity index (χ2v) is 4.95. The van der Waals surface area contributed by atoms with Crippen molar-refractivity contribution in [1.82, 2.24) is 5.43 Å². The van der Waals surface area contributed by atoms with Gasteiger partial charge in [-0.1, -0.05) is 12.1 Å².